The van der Waals surface area contributed by atoms with Crippen LogP contribution in [-0.4, -0.2) is 43.9 Å². The highest BCUT2D eigenvalue weighted by Crippen LogP contribution is 2.29. The van der Waals surface area contributed by atoms with Crippen LogP contribution in [0.15, 0.2) is 52.2 Å². The van der Waals surface area contributed by atoms with Gasteiger partial charge in [0.15, 0.2) is 5.16 Å². The molecule has 31 heavy (non-hydrogen) atoms. The number of non-ortho nitro benzene ring substituents is 1. The van der Waals surface area contributed by atoms with Crippen LogP contribution in [0.1, 0.15) is 25.5 Å². The molecule has 1 atom stereocenters. The van der Waals surface area contributed by atoms with E-state index in [1.807, 2.05) is 16.7 Å². The number of rotatable bonds is 8. The molecule has 0 aliphatic carbocycles. The second kappa shape index (κ2) is 9.21. The van der Waals surface area contributed by atoms with Gasteiger partial charge in [0.25, 0.3) is 5.69 Å². The molecule has 3 aromatic rings. The van der Waals surface area contributed by atoms with Gasteiger partial charge in [-0.25, -0.2) is 0 Å². The number of nitrogens with zero attached hydrogens (tertiary/aromatic N) is 5. The van der Waals surface area contributed by atoms with E-state index in [0.717, 1.165) is 37.6 Å². The normalized spacial score (nSPS) is 14.5. The summed E-state index contributed by atoms with van der Waals surface area (Å²) in [4.78, 5) is 25.3. The van der Waals surface area contributed by atoms with E-state index in [-0.39, 0.29) is 11.6 Å². The molecule has 1 aliphatic heterocycles. The third kappa shape index (κ3) is 4.88. The molecule has 1 aliphatic rings. The molecule has 1 aromatic carbocycles. The molecule has 0 spiro atoms. The molecule has 0 saturated carbocycles. The average Bonchev–Trinajstić information content (AvgIpc) is 3.51. The van der Waals surface area contributed by atoms with Crippen LogP contribution in [0.4, 0.5) is 17.3 Å². The number of carbonyl (C=O) groups is 1. The minimum Gasteiger partial charge on any atom is -0.467 e. The third-order valence-electron chi connectivity index (χ3n) is 4.96. The second-order valence-electron chi connectivity index (χ2n) is 7.20. The number of nitro groups is 1. The monoisotopic (exact) mass is 442 g/mol. The molecule has 3 heterocycles. The minimum absolute atomic E-state index is 0.0773. The summed E-state index contributed by atoms with van der Waals surface area (Å²) in [7, 11) is 0. The number of aromatic nitrogens is 3. The number of amides is 1. The van der Waals surface area contributed by atoms with Crippen molar-refractivity contribution in [1.29, 1.82) is 0 Å². The van der Waals surface area contributed by atoms with Gasteiger partial charge in [-0.2, -0.15) is 0 Å². The SMILES string of the molecule is CC(Sc1nnc(N2CCCC2)n1Cc1ccco1)C(=O)Nc1cccc([N+](=O)[O-])c1. The fourth-order valence-corrected chi connectivity index (χ4v) is 4.21. The Morgan fingerprint density at radius 3 is 2.81 bits per heavy atom. The van der Waals surface area contributed by atoms with Gasteiger partial charge in [0.2, 0.25) is 11.9 Å². The average molecular weight is 443 g/mol. The Morgan fingerprint density at radius 2 is 2.10 bits per heavy atom. The summed E-state index contributed by atoms with van der Waals surface area (Å²) in [6.07, 6.45) is 3.84. The van der Waals surface area contributed by atoms with E-state index in [9.17, 15) is 14.9 Å². The van der Waals surface area contributed by atoms with Crippen LogP contribution < -0.4 is 10.2 Å². The number of hydrogen-bond acceptors (Lipinski definition) is 8. The maximum absolute atomic E-state index is 12.7. The molecule has 1 N–H and O–H groups in total. The van der Waals surface area contributed by atoms with Gasteiger partial charge in [-0.05, 0) is 38.0 Å². The number of carbonyl (C=O) groups excluding carboxylic acids is 1. The van der Waals surface area contributed by atoms with Crippen LogP contribution in [0.3, 0.4) is 0 Å². The van der Waals surface area contributed by atoms with Crippen LogP contribution in [0.25, 0.3) is 0 Å². The molecule has 1 saturated heterocycles. The molecular formula is C20H22N6O4S. The highest BCUT2D eigenvalue weighted by atomic mass is 32.2. The van der Waals surface area contributed by atoms with Crippen molar-refractivity contribution in [2.75, 3.05) is 23.3 Å². The summed E-state index contributed by atoms with van der Waals surface area (Å²) >= 11 is 1.28. The lowest BCUT2D eigenvalue weighted by Crippen LogP contribution is -2.24. The predicted octanol–water partition coefficient (Wildman–Crippen LogP) is 3.55. The van der Waals surface area contributed by atoms with Crippen LogP contribution in [0, 0.1) is 10.1 Å². The largest absolute Gasteiger partial charge is 0.467 e. The zero-order valence-corrected chi connectivity index (χ0v) is 17.7. The summed E-state index contributed by atoms with van der Waals surface area (Å²) in [6, 6.07) is 9.59. The molecule has 10 nitrogen and oxygen atoms in total. The van der Waals surface area contributed by atoms with Crippen molar-refractivity contribution in [3.05, 3.63) is 58.5 Å². The quantitative estimate of drug-likeness (QED) is 0.320. The highest BCUT2D eigenvalue weighted by molar-refractivity contribution is 8.00. The predicted molar refractivity (Wildman–Crippen MR) is 116 cm³/mol. The van der Waals surface area contributed by atoms with E-state index in [1.165, 1.54) is 30.0 Å². The van der Waals surface area contributed by atoms with Crippen molar-refractivity contribution in [3.63, 3.8) is 0 Å². The number of nitrogens with one attached hydrogen (secondary N) is 1. The summed E-state index contributed by atoms with van der Waals surface area (Å²) in [5.41, 5.74) is 0.299. The lowest BCUT2D eigenvalue weighted by Gasteiger charge is -2.18. The van der Waals surface area contributed by atoms with Crippen LogP contribution in [0.2, 0.25) is 0 Å². The number of furan rings is 1. The molecular weight excluding hydrogens is 420 g/mol. The van der Waals surface area contributed by atoms with Crippen LogP contribution in [-0.2, 0) is 11.3 Å². The summed E-state index contributed by atoms with van der Waals surface area (Å²) in [5.74, 6) is 1.26. The third-order valence-corrected chi connectivity index (χ3v) is 6.04. The van der Waals surface area contributed by atoms with E-state index in [1.54, 1.807) is 19.3 Å². The second-order valence-corrected chi connectivity index (χ2v) is 8.51. The van der Waals surface area contributed by atoms with Crippen LogP contribution >= 0.6 is 11.8 Å². The van der Waals surface area contributed by atoms with Crippen molar-refractivity contribution in [1.82, 2.24) is 14.8 Å². The number of benzene rings is 1. The molecule has 162 valence electrons. The number of thioether (sulfide) groups is 1. The zero-order chi connectivity index (χ0) is 21.8. The lowest BCUT2D eigenvalue weighted by molar-refractivity contribution is -0.384. The van der Waals surface area contributed by atoms with Gasteiger partial charge in [0.1, 0.15) is 5.76 Å². The van der Waals surface area contributed by atoms with Gasteiger partial charge in [-0.1, -0.05) is 17.8 Å². The van der Waals surface area contributed by atoms with Gasteiger partial charge < -0.3 is 14.6 Å². The van der Waals surface area contributed by atoms with Gasteiger partial charge >= 0.3 is 0 Å². The number of hydrogen-bond donors (Lipinski definition) is 1. The fraction of sp³-hybridized carbons (Fsp3) is 0.350. The lowest BCUT2D eigenvalue weighted by atomic mass is 10.2. The number of nitro benzene ring substituents is 1. The van der Waals surface area contributed by atoms with Crippen molar-refractivity contribution in [2.45, 2.75) is 36.7 Å². The van der Waals surface area contributed by atoms with Crippen molar-refractivity contribution in [2.24, 2.45) is 0 Å². The molecule has 11 heteroatoms. The molecule has 1 fully saturated rings. The fourth-order valence-electron chi connectivity index (χ4n) is 3.37. The topological polar surface area (TPSA) is 119 Å². The standard InChI is InChI=1S/C20H22N6O4S/c1-14(18(27)21-15-6-4-7-16(12-15)26(28)29)31-20-23-22-19(24-9-2-3-10-24)25(20)13-17-8-5-11-30-17/h4-8,11-12,14H,2-3,9-10,13H2,1H3,(H,21,27). The Balaban J connectivity index is 1.50. The van der Waals surface area contributed by atoms with Gasteiger partial charge in [0.05, 0.1) is 23.0 Å². The Bertz CT molecular complexity index is 1060. The molecule has 2 aromatic heterocycles. The molecule has 0 bridgehead atoms. The highest BCUT2D eigenvalue weighted by Gasteiger charge is 2.25. The first-order chi connectivity index (χ1) is 15.0. The van der Waals surface area contributed by atoms with E-state index >= 15 is 0 Å². The summed E-state index contributed by atoms with van der Waals surface area (Å²) in [6.45, 7) is 4.07. The Hall–Kier alpha value is -3.34. The summed E-state index contributed by atoms with van der Waals surface area (Å²) < 4.78 is 7.47. The molecule has 4 rings (SSSR count). The molecule has 1 amide bonds. The van der Waals surface area contributed by atoms with E-state index < -0.39 is 10.2 Å². The molecule has 1 unspecified atom stereocenters. The van der Waals surface area contributed by atoms with Crippen molar-refractivity contribution < 1.29 is 14.1 Å². The zero-order valence-electron chi connectivity index (χ0n) is 16.9. The Morgan fingerprint density at radius 1 is 1.29 bits per heavy atom. The first-order valence-corrected chi connectivity index (χ1v) is 10.8. The smallest absolute Gasteiger partial charge is 0.271 e. The first-order valence-electron chi connectivity index (χ1n) is 9.94. The molecule has 0 radical (unpaired) electrons. The first kappa shape index (κ1) is 20.9. The Labute approximate surface area is 182 Å². The maximum atomic E-state index is 12.7. The van der Waals surface area contributed by atoms with Crippen molar-refractivity contribution in [3.8, 4) is 0 Å². The van der Waals surface area contributed by atoms with Crippen molar-refractivity contribution >= 4 is 35.0 Å². The van der Waals surface area contributed by atoms with Crippen LogP contribution in [0.5, 0.6) is 0 Å². The summed E-state index contributed by atoms with van der Waals surface area (Å²) in [5, 5.41) is 22.5. The maximum Gasteiger partial charge on any atom is 0.271 e. The minimum atomic E-state index is -0.495. The van der Waals surface area contributed by atoms with E-state index in [4.69, 9.17) is 4.42 Å². The number of anilines is 2. The van der Waals surface area contributed by atoms with E-state index in [2.05, 4.69) is 20.4 Å². The van der Waals surface area contributed by atoms with E-state index in [0.29, 0.717) is 17.4 Å². The van der Waals surface area contributed by atoms with Gasteiger partial charge in [-0.15, -0.1) is 10.2 Å². The Kier molecular flexibility index (Phi) is 6.21. The van der Waals surface area contributed by atoms with Gasteiger partial charge in [-0.3, -0.25) is 19.5 Å². The van der Waals surface area contributed by atoms with Gasteiger partial charge in [0, 0.05) is 30.9 Å².